The number of thioether (sulfide) groups is 1. The standard InChI is InChI=1S/C30H43N3O4S/c1-4-5-13-33(15-14-32-16-18-37-19-17-32)22-24-10-11-26(27(21-24)25-9-7-6-8-23(25)2)29(34)31-28(30(35)36)12-20-38-3/h6-11,21,28H,4-5,12-20,22H2,1-3H3,(H,31,34)(H,35,36). The Balaban J connectivity index is 1.85. The van der Waals surface area contributed by atoms with Gasteiger partial charge in [0.1, 0.15) is 6.04 Å². The highest BCUT2D eigenvalue weighted by atomic mass is 32.2. The van der Waals surface area contributed by atoms with Gasteiger partial charge in [-0.1, -0.05) is 43.7 Å². The molecule has 2 aromatic carbocycles. The molecule has 7 nitrogen and oxygen atoms in total. The molecular weight excluding hydrogens is 498 g/mol. The molecule has 0 aliphatic carbocycles. The van der Waals surface area contributed by atoms with Crippen LogP contribution in [-0.2, 0) is 16.1 Å². The molecule has 8 heteroatoms. The minimum Gasteiger partial charge on any atom is -0.480 e. The number of rotatable bonds is 15. The maximum atomic E-state index is 13.4. The molecule has 2 N–H and O–H groups in total. The molecule has 0 saturated carbocycles. The molecule has 38 heavy (non-hydrogen) atoms. The Morgan fingerprint density at radius 3 is 2.58 bits per heavy atom. The molecule has 1 saturated heterocycles. The summed E-state index contributed by atoms with van der Waals surface area (Å²) >= 11 is 1.57. The first-order chi connectivity index (χ1) is 18.4. The fourth-order valence-corrected chi connectivity index (χ4v) is 5.20. The molecule has 0 radical (unpaired) electrons. The third-order valence-electron chi connectivity index (χ3n) is 7.05. The number of carboxylic acids is 1. The van der Waals surface area contributed by atoms with Crippen molar-refractivity contribution in [1.82, 2.24) is 15.1 Å². The zero-order chi connectivity index (χ0) is 27.3. The number of morpholine rings is 1. The van der Waals surface area contributed by atoms with Crippen LogP contribution in [0.25, 0.3) is 11.1 Å². The van der Waals surface area contributed by atoms with Gasteiger partial charge in [0.15, 0.2) is 0 Å². The molecule has 2 aromatic rings. The van der Waals surface area contributed by atoms with Crippen molar-refractivity contribution in [2.45, 2.75) is 45.7 Å². The number of unbranched alkanes of at least 4 members (excludes halogenated alkanes) is 1. The van der Waals surface area contributed by atoms with Crippen molar-refractivity contribution in [3.63, 3.8) is 0 Å². The molecule has 208 valence electrons. The summed E-state index contributed by atoms with van der Waals surface area (Å²) in [5.74, 6) is -0.689. The number of nitrogens with one attached hydrogen (secondary N) is 1. The summed E-state index contributed by atoms with van der Waals surface area (Å²) in [6.07, 6.45) is 4.60. The Bertz CT molecular complexity index is 1040. The second-order valence-electron chi connectivity index (χ2n) is 9.92. The van der Waals surface area contributed by atoms with Crippen molar-refractivity contribution in [2.75, 3.05) is 57.9 Å². The molecule has 1 fully saturated rings. The lowest BCUT2D eigenvalue weighted by molar-refractivity contribution is -0.139. The summed E-state index contributed by atoms with van der Waals surface area (Å²) in [6, 6.07) is 13.1. The first-order valence-electron chi connectivity index (χ1n) is 13.7. The van der Waals surface area contributed by atoms with Crippen LogP contribution < -0.4 is 5.32 Å². The summed E-state index contributed by atoms with van der Waals surface area (Å²) in [5, 5.41) is 12.4. The number of amides is 1. The van der Waals surface area contributed by atoms with Crippen LogP contribution in [0.4, 0.5) is 0 Å². The van der Waals surface area contributed by atoms with Gasteiger partial charge in [-0.25, -0.2) is 4.79 Å². The molecular formula is C30H43N3O4S. The lowest BCUT2D eigenvalue weighted by Crippen LogP contribution is -2.41. The Morgan fingerprint density at radius 1 is 1.13 bits per heavy atom. The van der Waals surface area contributed by atoms with Crippen LogP contribution in [0.3, 0.4) is 0 Å². The zero-order valence-electron chi connectivity index (χ0n) is 23.1. The molecule has 1 amide bonds. The van der Waals surface area contributed by atoms with Gasteiger partial charge in [-0.05, 0) is 72.7 Å². The van der Waals surface area contributed by atoms with E-state index >= 15 is 0 Å². The number of carbonyl (C=O) groups excluding carboxylic acids is 1. The summed E-state index contributed by atoms with van der Waals surface area (Å²) in [4.78, 5) is 30.1. The van der Waals surface area contributed by atoms with E-state index in [1.165, 1.54) is 0 Å². The van der Waals surface area contributed by atoms with E-state index in [4.69, 9.17) is 4.74 Å². The largest absolute Gasteiger partial charge is 0.480 e. The van der Waals surface area contributed by atoms with E-state index in [1.807, 2.05) is 49.6 Å². The van der Waals surface area contributed by atoms with Gasteiger partial charge in [0, 0.05) is 38.3 Å². The van der Waals surface area contributed by atoms with Crippen molar-refractivity contribution in [2.24, 2.45) is 0 Å². The molecule has 1 unspecified atom stereocenters. The van der Waals surface area contributed by atoms with Crippen LogP contribution >= 0.6 is 11.8 Å². The number of aliphatic carboxylic acids is 1. The maximum absolute atomic E-state index is 13.4. The van der Waals surface area contributed by atoms with E-state index < -0.39 is 12.0 Å². The average Bonchev–Trinajstić information content (AvgIpc) is 2.93. The number of benzene rings is 2. The van der Waals surface area contributed by atoms with E-state index in [0.29, 0.717) is 17.7 Å². The maximum Gasteiger partial charge on any atom is 0.326 e. The second kappa shape index (κ2) is 15.9. The first kappa shape index (κ1) is 30.2. The molecule has 0 bridgehead atoms. The number of hydrogen-bond acceptors (Lipinski definition) is 6. The van der Waals surface area contributed by atoms with Gasteiger partial charge < -0.3 is 15.2 Å². The Hall–Kier alpha value is -2.39. The second-order valence-corrected chi connectivity index (χ2v) is 10.9. The SMILES string of the molecule is CCCCN(CCN1CCOCC1)Cc1ccc(C(=O)NC(CCSC)C(=O)O)c(-c2ccccc2C)c1. The van der Waals surface area contributed by atoms with Crippen LogP contribution in [0.15, 0.2) is 42.5 Å². The van der Waals surface area contributed by atoms with Crippen molar-refractivity contribution in [3.8, 4) is 11.1 Å². The molecule has 1 aliphatic rings. The predicted molar refractivity (Wildman–Crippen MR) is 156 cm³/mol. The molecule has 1 heterocycles. The first-order valence-corrected chi connectivity index (χ1v) is 15.1. The van der Waals surface area contributed by atoms with Crippen molar-refractivity contribution >= 4 is 23.6 Å². The van der Waals surface area contributed by atoms with Crippen LogP contribution in [0.5, 0.6) is 0 Å². The highest BCUT2D eigenvalue weighted by molar-refractivity contribution is 7.98. The lowest BCUT2D eigenvalue weighted by atomic mass is 9.93. The highest BCUT2D eigenvalue weighted by Crippen LogP contribution is 2.29. The highest BCUT2D eigenvalue weighted by Gasteiger charge is 2.23. The van der Waals surface area contributed by atoms with Crippen molar-refractivity contribution < 1.29 is 19.4 Å². The third kappa shape index (κ3) is 9.12. The predicted octanol–water partition coefficient (Wildman–Crippen LogP) is 4.53. The summed E-state index contributed by atoms with van der Waals surface area (Å²) < 4.78 is 5.50. The fraction of sp³-hybridized carbons (Fsp3) is 0.533. The number of aryl methyl sites for hydroxylation is 1. The minimum atomic E-state index is -1.01. The Kier molecular flexibility index (Phi) is 12.6. The van der Waals surface area contributed by atoms with Gasteiger partial charge in [0.05, 0.1) is 13.2 Å². The van der Waals surface area contributed by atoms with Gasteiger partial charge >= 0.3 is 5.97 Å². The van der Waals surface area contributed by atoms with E-state index in [2.05, 4.69) is 28.1 Å². The average molecular weight is 542 g/mol. The molecule has 1 atom stereocenters. The monoisotopic (exact) mass is 541 g/mol. The number of nitrogens with zero attached hydrogens (tertiary/aromatic N) is 2. The van der Waals surface area contributed by atoms with Gasteiger partial charge in [-0.2, -0.15) is 11.8 Å². The van der Waals surface area contributed by atoms with Crippen LogP contribution in [0.1, 0.15) is 47.7 Å². The smallest absolute Gasteiger partial charge is 0.326 e. The Labute approximate surface area is 231 Å². The molecule has 0 aromatic heterocycles. The van der Waals surface area contributed by atoms with E-state index in [9.17, 15) is 14.7 Å². The summed E-state index contributed by atoms with van der Waals surface area (Å²) in [6.45, 7) is 11.7. The summed E-state index contributed by atoms with van der Waals surface area (Å²) in [7, 11) is 0. The molecule has 0 spiro atoms. The number of carboxylic acid groups (broad SMARTS) is 1. The normalized spacial score (nSPS) is 14.9. The van der Waals surface area contributed by atoms with E-state index in [-0.39, 0.29) is 5.91 Å². The van der Waals surface area contributed by atoms with Crippen molar-refractivity contribution in [1.29, 1.82) is 0 Å². The van der Waals surface area contributed by atoms with Gasteiger partial charge in [0.2, 0.25) is 0 Å². The van der Waals surface area contributed by atoms with Crippen molar-refractivity contribution in [3.05, 3.63) is 59.2 Å². The van der Waals surface area contributed by atoms with Gasteiger partial charge in [-0.15, -0.1) is 0 Å². The van der Waals surface area contributed by atoms with Crippen LogP contribution in [-0.4, -0.2) is 90.8 Å². The zero-order valence-corrected chi connectivity index (χ0v) is 23.9. The van der Waals surface area contributed by atoms with Crippen LogP contribution in [0, 0.1) is 6.92 Å². The van der Waals surface area contributed by atoms with Crippen LogP contribution in [0.2, 0.25) is 0 Å². The number of carbonyl (C=O) groups is 2. The topological polar surface area (TPSA) is 82.1 Å². The third-order valence-corrected chi connectivity index (χ3v) is 7.69. The number of ether oxygens (including phenoxy) is 1. The van der Waals surface area contributed by atoms with E-state index in [0.717, 1.165) is 87.6 Å². The fourth-order valence-electron chi connectivity index (χ4n) is 4.73. The lowest BCUT2D eigenvalue weighted by Gasteiger charge is -2.30. The van der Waals surface area contributed by atoms with E-state index in [1.54, 1.807) is 11.8 Å². The summed E-state index contributed by atoms with van der Waals surface area (Å²) in [5.41, 5.74) is 4.56. The minimum absolute atomic E-state index is 0.349. The van der Waals surface area contributed by atoms with Gasteiger partial charge in [0.25, 0.3) is 5.91 Å². The molecule has 3 rings (SSSR count). The Morgan fingerprint density at radius 2 is 1.89 bits per heavy atom. The van der Waals surface area contributed by atoms with Gasteiger partial charge in [-0.3, -0.25) is 14.6 Å². The number of hydrogen-bond donors (Lipinski definition) is 2. The molecule has 1 aliphatic heterocycles. The quantitative estimate of drug-likeness (QED) is 0.343.